The van der Waals surface area contributed by atoms with Crippen molar-refractivity contribution in [2.24, 2.45) is 5.92 Å². The molecule has 2 saturated heterocycles. The van der Waals surface area contributed by atoms with Gasteiger partial charge in [-0.05, 0) is 18.2 Å². The Morgan fingerprint density at radius 2 is 2.08 bits per heavy atom. The Morgan fingerprint density at radius 1 is 1.35 bits per heavy atom. The number of rotatable bonds is 6. The van der Waals surface area contributed by atoms with Crippen molar-refractivity contribution in [3.8, 4) is 0 Å². The fraction of sp³-hybridized carbons (Fsp3) is 0.471. The van der Waals surface area contributed by atoms with Gasteiger partial charge in [0.2, 0.25) is 5.91 Å². The Kier molecular flexibility index (Phi) is 5.08. The fourth-order valence-corrected chi connectivity index (χ4v) is 3.02. The average molecular weight is 365 g/mol. The van der Waals surface area contributed by atoms with E-state index in [1.54, 1.807) is 17.0 Å². The third-order valence-electron chi connectivity index (χ3n) is 4.53. The number of Topliss-reactive ketones (excluding diaryl/α,β-unsaturated/α-hetero) is 1. The molecule has 8 nitrogen and oxygen atoms in total. The van der Waals surface area contributed by atoms with Crippen LogP contribution in [0.5, 0.6) is 0 Å². The van der Waals surface area contributed by atoms with E-state index in [0.29, 0.717) is 24.5 Å². The van der Waals surface area contributed by atoms with E-state index in [-0.39, 0.29) is 30.7 Å². The van der Waals surface area contributed by atoms with Crippen molar-refractivity contribution >= 4 is 29.2 Å². The molecule has 2 N–H and O–H groups in total. The van der Waals surface area contributed by atoms with Crippen molar-refractivity contribution in [1.82, 2.24) is 5.32 Å². The van der Waals surface area contributed by atoms with E-state index in [1.807, 2.05) is 0 Å². The predicted molar refractivity (Wildman–Crippen MR) is 90.5 cm³/mol. The van der Waals surface area contributed by atoms with Crippen molar-refractivity contribution in [2.45, 2.75) is 13.0 Å². The van der Waals surface area contributed by atoms with Crippen LogP contribution in [0.15, 0.2) is 18.2 Å². The number of ether oxygens (including phenoxy) is 1. The van der Waals surface area contributed by atoms with E-state index in [2.05, 4.69) is 5.32 Å². The van der Waals surface area contributed by atoms with Crippen molar-refractivity contribution < 1.29 is 28.6 Å². The van der Waals surface area contributed by atoms with Gasteiger partial charge in [0, 0.05) is 20.0 Å². The Labute approximate surface area is 149 Å². The van der Waals surface area contributed by atoms with Gasteiger partial charge in [0.1, 0.15) is 18.5 Å². The molecule has 2 aliphatic rings. The number of hydrogen-bond donors (Lipinski definition) is 2. The number of carbonyl (C=O) groups is 3. The standard InChI is InChI=1S/C17H20FN3O5/c1-10(23)19-5-13-8-21(17(25)26-13)12-2-3-15(14(18)4-12)20-6-11(7-20)16(24)9-22/h2-4,11,13,22H,5-9H2,1H3,(H,19,23). The molecule has 2 heterocycles. The number of cyclic esters (lactones) is 1. The fourth-order valence-electron chi connectivity index (χ4n) is 3.02. The number of benzene rings is 1. The number of aliphatic hydroxyl groups excluding tert-OH is 1. The van der Waals surface area contributed by atoms with Crippen LogP contribution in [0, 0.1) is 11.7 Å². The summed E-state index contributed by atoms with van der Waals surface area (Å²) in [5.41, 5.74) is 0.711. The second kappa shape index (κ2) is 7.28. The smallest absolute Gasteiger partial charge is 0.414 e. The molecule has 1 atom stereocenters. The number of carbonyl (C=O) groups excluding carboxylic acids is 3. The number of aliphatic hydroxyl groups is 1. The number of amides is 2. The molecule has 0 aliphatic carbocycles. The molecule has 140 valence electrons. The van der Waals surface area contributed by atoms with Gasteiger partial charge in [-0.25, -0.2) is 9.18 Å². The normalized spacial score (nSPS) is 20.0. The van der Waals surface area contributed by atoms with Crippen LogP contribution in [-0.2, 0) is 14.3 Å². The van der Waals surface area contributed by atoms with Gasteiger partial charge in [-0.3, -0.25) is 14.5 Å². The summed E-state index contributed by atoms with van der Waals surface area (Å²) in [6.45, 7) is 2.01. The average Bonchev–Trinajstić information content (AvgIpc) is 2.93. The minimum absolute atomic E-state index is 0.201. The minimum Gasteiger partial charge on any atom is -0.442 e. The van der Waals surface area contributed by atoms with Gasteiger partial charge in [0.25, 0.3) is 0 Å². The maximum Gasteiger partial charge on any atom is 0.414 e. The molecule has 1 aromatic carbocycles. The van der Waals surface area contributed by atoms with Gasteiger partial charge in [-0.15, -0.1) is 0 Å². The highest BCUT2D eigenvalue weighted by Crippen LogP contribution is 2.31. The highest BCUT2D eigenvalue weighted by Gasteiger charge is 2.35. The van der Waals surface area contributed by atoms with Gasteiger partial charge in [-0.1, -0.05) is 0 Å². The zero-order valence-electron chi connectivity index (χ0n) is 14.3. The Morgan fingerprint density at radius 3 is 2.69 bits per heavy atom. The van der Waals surface area contributed by atoms with E-state index in [9.17, 15) is 18.8 Å². The molecule has 1 aromatic rings. The van der Waals surface area contributed by atoms with Crippen LogP contribution in [0.4, 0.5) is 20.6 Å². The van der Waals surface area contributed by atoms with E-state index in [1.165, 1.54) is 17.9 Å². The second-order valence-electron chi connectivity index (χ2n) is 6.42. The Hall–Kier alpha value is -2.68. The zero-order valence-corrected chi connectivity index (χ0v) is 14.3. The number of anilines is 2. The number of nitrogens with one attached hydrogen (secondary N) is 1. The maximum absolute atomic E-state index is 14.5. The summed E-state index contributed by atoms with van der Waals surface area (Å²) in [5.74, 6) is -1.25. The number of nitrogens with zero attached hydrogens (tertiary/aromatic N) is 2. The summed E-state index contributed by atoms with van der Waals surface area (Å²) in [7, 11) is 0. The van der Waals surface area contributed by atoms with Gasteiger partial charge >= 0.3 is 6.09 Å². The molecule has 2 fully saturated rings. The number of ketones is 1. The van der Waals surface area contributed by atoms with Crippen LogP contribution in [0.3, 0.4) is 0 Å². The van der Waals surface area contributed by atoms with Crippen LogP contribution in [-0.4, -0.2) is 61.8 Å². The molecule has 2 aliphatic heterocycles. The quantitative estimate of drug-likeness (QED) is 0.752. The first-order chi connectivity index (χ1) is 12.4. The van der Waals surface area contributed by atoms with Crippen molar-refractivity contribution in [3.05, 3.63) is 24.0 Å². The molecule has 2 amide bonds. The lowest BCUT2D eigenvalue weighted by Crippen LogP contribution is -2.51. The molecular formula is C17H20FN3O5. The molecule has 26 heavy (non-hydrogen) atoms. The molecule has 0 radical (unpaired) electrons. The van der Waals surface area contributed by atoms with Gasteiger partial charge in [0.05, 0.1) is 30.4 Å². The van der Waals surface area contributed by atoms with E-state index in [0.717, 1.165) is 0 Å². The lowest BCUT2D eigenvalue weighted by atomic mass is 9.94. The summed E-state index contributed by atoms with van der Waals surface area (Å²) in [5, 5.41) is 11.4. The summed E-state index contributed by atoms with van der Waals surface area (Å²) in [6, 6.07) is 4.42. The number of halogens is 1. The minimum atomic E-state index is -0.593. The van der Waals surface area contributed by atoms with E-state index >= 15 is 0 Å². The molecule has 0 spiro atoms. The monoisotopic (exact) mass is 365 g/mol. The first-order valence-electron chi connectivity index (χ1n) is 8.29. The lowest BCUT2D eigenvalue weighted by molar-refractivity contribution is -0.126. The molecular weight excluding hydrogens is 345 g/mol. The molecule has 0 saturated carbocycles. The van der Waals surface area contributed by atoms with Gasteiger partial charge in [-0.2, -0.15) is 0 Å². The first kappa shape index (κ1) is 18.1. The lowest BCUT2D eigenvalue weighted by Gasteiger charge is -2.40. The SMILES string of the molecule is CC(=O)NCC1CN(c2ccc(N3CC(C(=O)CO)C3)c(F)c2)C(=O)O1. The molecule has 1 unspecified atom stereocenters. The van der Waals surface area contributed by atoms with Gasteiger partial charge < -0.3 is 20.1 Å². The van der Waals surface area contributed by atoms with Crippen molar-refractivity contribution in [3.63, 3.8) is 0 Å². The van der Waals surface area contributed by atoms with Crippen LogP contribution in [0.2, 0.25) is 0 Å². The summed E-state index contributed by atoms with van der Waals surface area (Å²) in [4.78, 5) is 37.3. The highest BCUT2D eigenvalue weighted by molar-refractivity contribution is 5.90. The third-order valence-corrected chi connectivity index (χ3v) is 4.53. The predicted octanol–water partition coefficient (Wildman–Crippen LogP) is 0.285. The van der Waals surface area contributed by atoms with Crippen molar-refractivity contribution in [1.29, 1.82) is 0 Å². The summed E-state index contributed by atoms with van der Waals surface area (Å²) in [6.07, 6.45) is -1.08. The van der Waals surface area contributed by atoms with E-state index < -0.39 is 24.6 Å². The van der Waals surface area contributed by atoms with Crippen LogP contribution in [0.25, 0.3) is 0 Å². The Bertz CT molecular complexity index is 735. The van der Waals surface area contributed by atoms with Crippen LogP contribution in [0.1, 0.15) is 6.92 Å². The molecule has 3 rings (SSSR count). The zero-order chi connectivity index (χ0) is 18.8. The molecule has 9 heteroatoms. The highest BCUT2D eigenvalue weighted by atomic mass is 19.1. The van der Waals surface area contributed by atoms with E-state index in [4.69, 9.17) is 9.84 Å². The topological polar surface area (TPSA) is 99.2 Å². The summed E-state index contributed by atoms with van der Waals surface area (Å²) >= 11 is 0. The van der Waals surface area contributed by atoms with Gasteiger partial charge in [0.15, 0.2) is 5.78 Å². The van der Waals surface area contributed by atoms with Crippen LogP contribution < -0.4 is 15.1 Å². The van der Waals surface area contributed by atoms with Crippen molar-refractivity contribution in [2.75, 3.05) is 42.6 Å². The molecule has 0 bridgehead atoms. The third kappa shape index (κ3) is 3.62. The van der Waals surface area contributed by atoms with Crippen LogP contribution >= 0.6 is 0 Å². The Balaban J connectivity index is 1.64. The number of hydrogen-bond acceptors (Lipinski definition) is 6. The second-order valence-corrected chi connectivity index (χ2v) is 6.42. The summed E-state index contributed by atoms with van der Waals surface area (Å²) < 4.78 is 19.6. The maximum atomic E-state index is 14.5. The molecule has 0 aromatic heterocycles. The largest absolute Gasteiger partial charge is 0.442 e. The first-order valence-corrected chi connectivity index (χ1v) is 8.29.